The van der Waals surface area contributed by atoms with E-state index in [0.717, 1.165) is 5.69 Å². The molecule has 0 bridgehead atoms. The number of aliphatic carboxylic acids is 1. The molecule has 0 heterocycles. The second kappa shape index (κ2) is 6.70. The fraction of sp³-hybridized carbons (Fsp3) is 0.250. The van der Waals surface area contributed by atoms with Crippen molar-refractivity contribution in [3.05, 3.63) is 30.3 Å². The Morgan fingerprint density at radius 2 is 1.94 bits per heavy atom. The van der Waals surface area contributed by atoms with Crippen LogP contribution in [-0.4, -0.2) is 28.0 Å². The number of carbonyl (C=O) groups is 2. The number of hydrogen-bond acceptors (Lipinski definition) is 3. The molecular formula is C12H14N2O3S. The standard InChI is InChI=1S/C12H14N2O3S/c1-8(15)7-10(11(16)17)14-12(18)13-9-5-3-2-4-6-9/h2-6,10H,7H2,1H3,(H,16,17)(H2,13,14,18). The van der Waals surface area contributed by atoms with E-state index in [4.69, 9.17) is 17.3 Å². The molecule has 0 saturated heterocycles. The van der Waals surface area contributed by atoms with Crippen molar-refractivity contribution in [2.45, 2.75) is 19.4 Å². The van der Waals surface area contributed by atoms with E-state index in [0.29, 0.717) is 0 Å². The average molecular weight is 266 g/mol. The molecule has 1 unspecified atom stereocenters. The van der Waals surface area contributed by atoms with E-state index in [2.05, 4.69) is 10.6 Å². The number of ketones is 1. The zero-order valence-electron chi connectivity index (χ0n) is 9.84. The van der Waals surface area contributed by atoms with Gasteiger partial charge in [0.05, 0.1) is 0 Å². The normalized spacial score (nSPS) is 11.4. The van der Waals surface area contributed by atoms with Crippen molar-refractivity contribution in [2.24, 2.45) is 0 Å². The smallest absolute Gasteiger partial charge is 0.326 e. The Morgan fingerprint density at radius 1 is 1.33 bits per heavy atom. The number of thiocarbonyl (C=S) groups is 1. The Morgan fingerprint density at radius 3 is 2.44 bits per heavy atom. The first kappa shape index (κ1) is 14.1. The van der Waals surface area contributed by atoms with Gasteiger partial charge in [0.15, 0.2) is 5.11 Å². The fourth-order valence-corrected chi connectivity index (χ4v) is 1.59. The average Bonchev–Trinajstić information content (AvgIpc) is 2.28. The van der Waals surface area contributed by atoms with Gasteiger partial charge in [-0.3, -0.25) is 4.79 Å². The van der Waals surface area contributed by atoms with Crippen LogP contribution in [0.25, 0.3) is 0 Å². The van der Waals surface area contributed by atoms with E-state index in [1.54, 1.807) is 12.1 Å². The number of Topliss-reactive ketones (excluding diaryl/α,β-unsaturated/α-hetero) is 1. The summed E-state index contributed by atoms with van der Waals surface area (Å²) in [4.78, 5) is 21.9. The summed E-state index contributed by atoms with van der Waals surface area (Å²) in [7, 11) is 0. The van der Waals surface area contributed by atoms with Gasteiger partial charge in [-0.15, -0.1) is 0 Å². The monoisotopic (exact) mass is 266 g/mol. The molecule has 0 spiro atoms. The lowest BCUT2D eigenvalue weighted by Crippen LogP contribution is -2.43. The summed E-state index contributed by atoms with van der Waals surface area (Å²) < 4.78 is 0. The number of rotatable bonds is 5. The zero-order chi connectivity index (χ0) is 13.5. The van der Waals surface area contributed by atoms with Crippen molar-refractivity contribution in [1.82, 2.24) is 5.32 Å². The van der Waals surface area contributed by atoms with Crippen LogP contribution in [-0.2, 0) is 9.59 Å². The van der Waals surface area contributed by atoms with Gasteiger partial charge in [-0.05, 0) is 31.3 Å². The van der Waals surface area contributed by atoms with Crippen molar-refractivity contribution in [1.29, 1.82) is 0 Å². The highest BCUT2D eigenvalue weighted by Crippen LogP contribution is 2.05. The first-order valence-corrected chi connectivity index (χ1v) is 5.74. The van der Waals surface area contributed by atoms with Crippen LogP contribution in [0.2, 0.25) is 0 Å². The van der Waals surface area contributed by atoms with Crippen LogP contribution < -0.4 is 10.6 Å². The summed E-state index contributed by atoms with van der Waals surface area (Å²) in [5.74, 6) is -1.32. The number of benzene rings is 1. The molecule has 3 N–H and O–H groups in total. The van der Waals surface area contributed by atoms with Gasteiger partial charge in [-0.25, -0.2) is 4.79 Å². The van der Waals surface area contributed by atoms with Gasteiger partial charge in [0.2, 0.25) is 0 Å². The number of carboxylic acids is 1. The Bertz CT molecular complexity index is 448. The maximum Gasteiger partial charge on any atom is 0.326 e. The van der Waals surface area contributed by atoms with Crippen molar-refractivity contribution in [3.63, 3.8) is 0 Å². The first-order chi connectivity index (χ1) is 8.49. The lowest BCUT2D eigenvalue weighted by molar-refractivity contribution is -0.140. The molecule has 1 atom stereocenters. The Kier molecular flexibility index (Phi) is 5.26. The number of carbonyl (C=O) groups excluding carboxylic acids is 1. The molecule has 0 aliphatic carbocycles. The van der Waals surface area contributed by atoms with Gasteiger partial charge >= 0.3 is 5.97 Å². The van der Waals surface area contributed by atoms with Crippen LogP contribution in [0.5, 0.6) is 0 Å². The Hall–Kier alpha value is -1.95. The predicted octanol–water partition coefficient (Wildman–Crippen LogP) is 1.41. The third kappa shape index (κ3) is 4.92. The number of hydrogen-bond donors (Lipinski definition) is 3. The summed E-state index contributed by atoms with van der Waals surface area (Å²) in [6, 6.07) is 8.11. The summed E-state index contributed by atoms with van der Waals surface area (Å²) in [5, 5.41) is 14.6. The summed E-state index contributed by atoms with van der Waals surface area (Å²) >= 11 is 4.99. The number of anilines is 1. The maximum atomic E-state index is 10.9. The number of carboxylic acid groups (broad SMARTS) is 1. The maximum absolute atomic E-state index is 10.9. The second-order valence-electron chi connectivity index (χ2n) is 3.76. The van der Waals surface area contributed by atoms with Crippen LogP contribution in [0.15, 0.2) is 30.3 Å². The molecule has 0 fully saturated rings. The van der Waals surface area contributed by atoms with Crippen LogP contribution in [0.4, 0.5) is 5.69 Å². The first-order valence-electron chi connectivity index (χ1n) is 5.34. The van der Waals surface area contributed by atoms with Gasteiger partial charge in [-0.2, -0.15) is 0 Å². The summed E-state index contributed by atoms with van der Waals surface area (Å²) in [6.07, 6.45) is -0.105. The van der Waals surface area contributed by atoms with Gasteiger partial charge in [0, 0.05) is 12.1 Å². The largest absolute Gasteiger partial charge is 0.480 e. The molecule has 0 saturated carbocycles. The summed E-state index contributed by atoms with van der Waals surface area (Å²) in [6.45, 7) is 1.34. The van der Waals surface area contributed by atoms with E-state index >= 15 is 0 Å². The Balaban J connectivity index is 2.56. The molecule has 0 aliphatic rings. The van der Waals surface area contributed by atoms with Crippen LogP contribution in [0.3, 0.4) is 0 Å². The highest BCUT2D eigenvalue weighted by atomic mass is 32.1. The van der Waals surface area contributed by atoms with Gasteiger partial charge < -0.3 is 15.7 Å². The molecule has 18 heavy (non-hydrogen) atoms. The zero-order valence-corrected chi connectivity index (χ0v) is 10.7. The van der Waals surface area contributed by atoms with Crippen molar-refractivity contribution < 1.29 is 14.7 Å². The Labute approximate surface area is 110 Å². The molecule has 1 aromatic carbocycles. The SMILES string of the molecule is CC(=O)CC(NC(=S)Nc1ccccc1)C(=O)O. The van der Waals surface area contributed by atoms with Crippen LogP contribution in [0, 0.1) is 0 Å². The van der Waals surface area contributed by atoms with E-state index < -0.39 is 12.0 Å². The molecule has 0 radical (unpaired) electrons. The predicted molar refractivity (Wildman–Crippen MR) is 72.5 cm³/mol. The van der Waals surface area contributed by atoms with E-state index in [9.17, 15) is 9.59 Å². The molecule has 0 aliphatic heterocycles. The van der Waals surface area contributed by atoms with Crippen molar-refractivity contribution >= 4 is 34.8 Å². The van der Waals surface area contributed by atoms with Crippen molar-refractivity contribution in [2.75, 3.05) is 5.32 Å². The van der Waals surface area contributed by atoms with Crippen LogP contribution >= 0.6 is 12.2 Å². The molecule has 1 rings (SSSR count). The molecule has 1 aromatic rings. The molecular weight excluding hydrogens is 252 g/mol. The molecule has 0 amide bonds. The van der Waals surface area contributed by atoms with Crippen LogP contribution in [0.1, 0.15) is 13.3 Å². The second-order valence-corrected chi connectivity index (χ2v) is 4.17. The molecule has 0 aromatic heterocycles. The third-order valence-electron chi connectivity index (χ3n) is 2.13. The topological polar surface area (TPSA) is 78.4 Å². The number of nitrogens with one attached hydrogen (secondary N) is 2. The minimum Gasteiger partial charge on any atom is -0.480 e. The third-order valence-corrected chi connectivity index (χ3v) is 2.35. The van der Waals surface area contributed by atoms with Gasteiger partial charge in [0.1, 0.15) is 11.8 Å². The highest BCUT2D eigenvalue weighted by molar-refractivity contribution is 7.80. The molecule has 6 heteroatoms. The van der Waals surface area contributed by atoms with E-state index in [-0.39, 0.29) is 17.3 Å². The fourth-order valence-electron chi connectivity index (χ4n) is 1.33. The molecule has 5 nitrogen and oxygen atoms in total. The minimum atomic E-state index is -1.11. The lowest BCUT2D eigenvalue weighted by Gasteiger charge is -2.16. The van der Waals surface area contributed by atoms with Crippen molar-refractivity contribution in [3.8, 4) is 0 Å². The number of para-hydroxylation sites is 1. The molecule has 96 valence electrons. The minimum absolute atomic E-state index is 0.105. The van der Waals surface area contributed by atoms with Gasteiger partial charge in [-0.1, -0.05) is 18.2 Å². The summed E-state index contributed by atoms with van der Waals surface area (Å²) in [5.41, 5.74) is 0.752. The quantitative estimate of drug-likeness (QED) is 0.699. The van der Waals surface area contributed by atoms with E-state index in [1.165, 1.54) is 6.92 Å². The lowest BCUT2D eigenvalue weighted by atomic mass is 10.1. The van der Waals surface area contributed by atoms with E-state index in [1.807, 2.05) is 18.2 Å². The highest BCUT2D eigenvalue weighted by Gasteiger charge is 2.19. The van der Waals surface area contributed by atoms with Gasteiger partial charge in [0.25, 0.3) is 0 Å².